The van der Waals surface area contributed by atoms with Gasteiger partial charge < -0.3 is 15.5 Å². The maximum Gasteiger partial charge on any atom is 0.237 e. The van der Waals surface area contributed by atoms with Gasteiger partial charge in [-0.15, -0.1) is 0 Å². The highest BCUT2D eigenvalue weighted by molar-refractivity contribution is 5.82. The van der Waals surface area contributed by atoms with Crippen molar-refractivity contribution in [1.82, 2.24) is 20.4 Å². The van der Waals surface area contributed by atoms with Crippen LogP contribution in [0.15, 0.2) is 0 Å². The molecule has 5 nitrogen and oxygen atoms in total. The minimum atomic E-state index is 0.0997. The molecule has 2 atom stereocenters. The van der Waals surface area contributed by atoms with E-state index in [9.17, 15) is 4.79 Å². The van der Waals surface area contributed by atoms with Gasteiger partial charge in [0.2, 0.25) is 5.91 Å². The Bertz CT molecular complexity index is 315. The summed E-state index contributed by atoms with van der Waals surface area (Å²) in [6.45, 7) is 6.25. The number of carbonyl (C=O) groups excluding carboxylic acids is 1. The van der Waals surface area contributed by atoms with Crippen molar-refractivity contribution in [2.75, 3.05) is 40.3 Å². The van der Waals surface area contributed by atoms with Crippen LogP contribution in [0, 0.1) is 0 Å². The molecule has 2 unspecified atom stereocenters. The number of hydrogen-bond acceptors (Lipinski definition) is 4. The minimum Gasteiger partial charge on any atom is -0.351 e. The number of carbonyl (C=O) groups is 1. The number of amides is 1. The van der Waals surface area contributed by atoms with E-state index in [0.29, 0.717) is 6.04 Å². The first-order chi connectivity index (χ1) is 9.58. The summed E-state index contributed by atoms with van der Waals surface area (Å²) in [7, 11) is 4.08. The lowest BCUT2D eigenvalue weighted by Gasteiger charge is -2.35. The molecule has 0 aromatic carbocycles. The highest BCUT2D eigenvalue weighted by Gasteiger charge is 2.35. The fourth-order valence-electron chi connectivity index (χ4n) is 3.58. The summed E-state index contributed by atoms with van der Waals surface area (Å²) < 4.78 is 0. The molecule has 0 aliphatic carbocycles. The topological polar surface area (TPSA) is 47.6 Å². The number of nitrogens with one attached hydrogen (secondary N) is 2. The summed E-state index contributed by atoms with van der Waals surface area (Å²) in [5, 5.41) is 6.59. The molecule has 0 aromatic rings. The smallest absolute Gasteiger partial charge is 0.237 e. The lowest BCUT2D eigenvalue weighted by Crippen LogP contribution is -2.53. The monoisotopic (exact) mass is 282 g/mol. The van der Waals surface area contributed by atoms with Gasteiger partial charge in [-0.05, 0) is 66.3 Å². The first-order valence-electron chi connectivity index (χ1n) is 7.99. The molecular formula is C15H30N4O. The Kier molecular flexibility index (Phi) is 5.81. The normalized spacial score (nSPS) is 26.9. The fraction of sp³-hybridized carbons (Fsp3) is 0.933. The summed E-state index contributed by atoms with van der Waals surface area (Å²) in [5.41, 5.74) is 0. The third-order valence-corrected chi connectivity index (χ3v) is 4.40. The van der Waals surface area contributed by atoms with Gasteiger partial charge in [-0.2, -0.15) is 0 Å². The van der Waals surface area contributed by atoms with Gasteiger partial charge in [-0.1, -0.05) is 0 Å². The highest BCUT2D eigenvalue weighted by atomic mass is 16.2. The zero-order valence-electron chi connectivity index (χ0n) is 13.2. The summed E-state index contributed by atoms with van der Waals surface area (Å²) in [6.07, 6.45) is 4.53. The Hall–Kier alpha value is -0.650. The van der Waals surface area contributed by atoms with Crippen LogP contribution in [0.3, 0.4) is 0 Å². The third-order valence-electron chi connectivity index (χ3n) is 4.40. The molecule has 5 heteroatoms. The van der Waals surface area contributed by atoms with Crippen molar-refractivity contribution in [3.8, 4) is 0 Å². The van der Waals surface area contributed by atoms with Crippen molar-refractivity contribution >= 4 is 5.91 Å². The van der Waals surface area contributed by atoms with E-state index in [4.69, 9.17) is 0 Å². The highest BCUT2D eigenvalue weighted by Crippen LogP contribution is 2.24. The first kappa shape index (κ1) is 15.7. The Labute approximate surface area is 123 Å². The second-order valence-corrected chi connectivity index (χ2v) is 6.55. The van der Waals surface area contributed by atoms with Gasteiger partial charge >= 0.3 is 0 Å². The minimum absolute atomic E-state index is 0.0997. The predicted molar refractivity (Wildman–Crippen MR) is 81.8 cm³/mol. The molecule has 0 spiro atoms. The zero-order valence-corrected chi connectivity index (χ0v) is 13.2. The van der Waals surface area contributed by atoms with Crippen LogP contribution in [-0.2, 0) is 4.79 Å². The van der Waals surface area contributed by atoms with E-state index in [1.54, 1.807) is 0 Å². The second-order valence-electron chi connectivity index (χ2n) is 6.55. The lowest BCUT2D eigenvalue weighted by molar-refractivity contribution is -0.127. The number of piperidine rings is 1. The summed E-state index contributed by atoms with van der Waals surface area (Å²) in [4.78, 5) is 17.1. The van der Waals surface area contributed by atoms with Crippen molar-refractivity contribution < 1.29 is 4.79 Å². The van der Waals surface area contributed by atoms with Gasteiger partial charge in [0.05, 0.1) is 6.04 Å². The molecule has 2 aliphatic heterocycles. The van der Waals surface area contributed by atoms with Crippen molar-refractivity contribution in [2.45, 2.75) is 50.7 Å². The van der Waals surface area contributed by atoms with Gasteiger partial charge in [-0.3, -0.25) is 9.69 Å². The standard InChI is InChI=1S/C15H30N4O/c1-12(11-18(2)3)17-15(20)14-5-4-10-19(14)13-6-8-16-9-7-13/h12-14,16H,4-11H2,1-3H3,(H,17,20). The van der Waals surface area contributed by atoms with Crippen LogP contribution in [0.25, 0.3) is 0 Å². The Balaban J connectivity index is 1.87. The van der Waals surface area contributed by atoms with Crippen LogP contribution in [0.1, 0.15) is 32.6 Å². The number of likely N-dealkylation sites (tertiary alicyclic amines) is 1. The molecule has 0 radical (unpaired) electrons. The van der Waals surface area contributed by atoms with E-state index in [1.807, 2.05) is 14.1 Å². The van der Waals surface area contributed by atoms with E-state index in [1.165, 1.54) is 12.8 Å². The van der Waals surface area contributed by atoms with Gasteiger partial charge in [-0.25, -0.2) is 0 Å². The Morgan fingerprint density at radius 1 is 1.35 bits per heavy atom. The van der Waals surface area contributed by atoms with Crippen LogP contribution < -0.4 is 10.6 Å². The lowest BCUT2D eigenvalue weighted by atomic mass is 10.0. The van der Waals surface area contributed by atoms with Gasteiger partial charge in [0.15, 0.2) is 0 Å². The SMILES string of the molecule is CC(CN(C)C)NC(=O)C1CCCN1C1CCNCC1. The van der Waals surface area contributed by atoms with Crippen LogP contribution in [0.5, 0.6) is 0 Å². The molecular weight excluding hydrogens is 252 g/mol. The Morgan fingerprint density at radius 2 is 2.05 bits per heavy atom. The van der Waals surface area contributed by atoms with Crippen LogP contribution in [-0.4, -0.2) is 74.1 Å². The summed E-state index contributed by atoms with van der Waals surface area (Å²) >= 11 is 0. The molecule has 20 heavy (non-hydrogen) atoms. The maximum absolute atomic E-state index is 12.5. The number of nitrogens with zero attached hydrogens (tertiary/aromatic N) is 2. The van der Waals surface area contributed by atoms with Crippen LogP contribution in [0.4, 0.5) is 0 Å². The average molecular weight is 282 g/mol. The largest absolute Gasteiger partial charge is 0.351 e. The van der Waals surface area contributed by atoms with Crippen molar-refractivity contribution in [3.63, 3.8) is 0 Å². The van der Waals surface area contributed by atoms with Gasteiger partial charge in [0.1, 0.15) is 0 Å². The van der Waals surface area contributed by atoms with Crippen molar-refractivity contribution in [2.24, 2.45) is 0 Å². The number of hydrogen-bond donors (Lipinski definition) is 2. The van der Waals surface area contributed by atoms with E-state index in [2.05, 4.69) is 27.4 Å². The molecule has 2 aliphatic rings. The van der Waals surface area contributed by atoms with Crippen molar-refractivity contribution in [1.29, 1.82) is 0 Å². The zero-order chi connectivity index (χ0) is 14.5. The molecule has 1 amide bonds. The Morgan fingerprint density at radius 3 is 2.70 bits per heavy atom. The second kappa shape index (κ2) is 7.38. The van der Waals surface area contributed by atoms with Crippen LogP contribution >= 0.6 is 0 Å². The molecule has 2 fully saturated rings. The van der Waals surface area contributed by atoms with E-state index < -0.39 is 0 Å². The number of rotatable bonds is 5. The molecule has 0 aromatic heterocycles. The number of likely N-dealkylation sites (N-methyl/N-ethyl adjacent to an activating group) is 1. The molecule has 2 rings (SSSR count). The van der Waals surface area contributed by atoms with Gasteiger partial charge in [0, 0.05) is 18.6 Å². The molecule has 0 saturated carbocycles. The summed E-state index contributed by atoms with van der Waals surface area (Å²) in [5.74, 6) is 0.232. The average Bonchev–Trinajstić information content (AvgIpc) is 2.87. The third kappa shape index (κ3) is 4.17. The summed E-state index contributed by atoms with van der Waals surface area (Å²) in [6, 6.07) is 0.911. The van der Waals surface area contributed by atoms with Crippen LogP contribution in [0.2, 0.25) is 0 Å². The van der Waals surface area contributed by atoms with E-state index in [-0.39, 0.29) is 18.0 Å². The fourth-order valence-corrected chi connectivity index (χ4v) is 3.58. The van der Waals surface area contributed by atoms with E-state index in [0.717, 1.165) is 39.0 Å². The maximum atomic E-state index is 12.5. The van der Waals surface area contributed by atoms with E-state index >= 15 is 0 Å². The van der Waals surface area contributed by atoms with Crippen molar-refractivity contribution in [3.05, 3.63) is 0 Å². The molecule has 2 saturated heterocycles. The predicted octanol–water partition coefficient (Wildman–Crippen LogP) is 0.269. The quantitative estimate of drug-likeness (QED) is 0.760. The molecule has 2 heterocycles. The molecule has 116 valence electrons. The molecule has 2 N–H and O–H groups in total. The molecule has 0 bridgehead atoms. The first-order valence-corrected chi connectivity index (χ1v) is 7.99. The van der Waals surface area contributed by atoms with Gasteiger partial charge in [0.25, 0.3) is 0 Å².